The van der Waals surface area contributed by atoms with Crippen LogP contribution in [0.1, 0.15) is 76.0 Å². The lowest BCUT2D eigenvalue weighted by molar-refractivity contribution is -0.146. The molecule has 0 aliphatic heterocycles. The summed E-state index contributed by atoms with van der Waals surface area (Å²) < 4.78 is 7.76. The summed E-state index contributed by atoms with van der Waals surface area (Å²) >= 11 is 0. The van der Waals surface area contributed by atoms with Crippen molar-refractivity contribution in [3.8, 4) is 0 Å². The first kappa shape index (κ1) is 26.5. The number of hydrogen-bond donors (Lipinski definition) is 0. The molecule has 2 aliphatic carbocycles. The minimum Gasteiger partial charge on any atom is -0.382 e. The molecule has 196 valence electrons. The van der Waals surface area contributed by atoms with Crippen LogP contribution in [0.3, 0.4) is 0 Å². The van der Waals surface area contributed by atoms with Crippen molar-refractivity contribution in [1.29, 1.82) is 0 Å². The molecule has 0 bridgehead atoms. The summed E-state index contributed by atoms with van der Waals surface area (Å²) in [7, 11) is 0. The Labute approximate surface area is 216 Å². The van der Waals surface area contributed by atoms with Crippen LogP contribution in [0, 0.1) is 5.92 Å². The van der Waals surface area contributed by atoms with Crippen molar-refractivity contribution in [2.24, 2.45) is 5.92 Å². The topological polar surface area (TPSA) is 54.8 Å². The number of ether oxygens (including phenoxy) is 1. The fraction of sp³-hybridized carbons (Fsp3) is 0.600. The number of aromatic nitrogens is 1. The third-order valence-corrected chi connectivity index (χ3v) is 7.80. The van der Waals surface area contributed by atoms with Gasteiger partial charge in [0.05, 0.1) is 13.1 Å². The van der Waals surface area contributed by atoms with Crippen molar-refractivity contribution < 1.29 is 14.3 Å². The number of carbonyl (C=O) groups excluding carboxylic acids is 2. The number of nitrogens with zero attached hydrogens (tertiary/aromatic N) is 3. The van der Waals surface area contributed by atoms with E-state index in [-0.39, 0.29) is 30.3 Å². The number of benzene rings is 1. The summed E-state index contributed by atoms with van der Waals surface area (Å²) in [4.78, 5) is 31.0. The van der Waals surface area contributed by atoms with Gasteiger partial charge in [-0.1, -0.05) is 56.0 Å². The van der Waals surface area contributed by atoms with E-state index in [2.05, 4.69) is 52.1 Å². The van der Waals surface area contributed by atoms with E-state index in [0.29, 0.717) is 26.3 Å². The standard InChI is InChI=1S/C30H43N3O3/c1-2-36-21-11-20-32(30(35)26-14-9-15-26)24-29(34)33(27-16-7-4-8-17-27)23-28-18-10-19-31(28)22-25-12-5-3-6-13-25/h3,5-6,10,12-13,18-19,26-27H,2,4,7-9,11,14-17,20-24H2,1H3. The third-order valence-electron chi connectivity index (χ3n) is 7.80. The average molecular weight is 494 g/mol. The van der Waals surface area contributed by atoms with Gasteiger partial charge in [0.1, 0.15) is 0 Å². The molecule has 1 aromatic heterocycles. The fourth-order valence-electron chi connectivity index (χ4n) is 5.45. The number of rotatable bonds is 13. The Hall–Kier alpha value is -2.60. The highest BCUT2D eigenvalue weighted by atomic mass is 16.5. The molecule has 4 rings (SSSR count). The zero-order valence-corrected chi connectivity index (χ0v) is 21.9. The zero-order chi connectivity index (χ0) is 25.2. The SMILES string of the molecule is CCOCCCN(CC(=O)N(Cc1cccn1Cc1ccccc1)C1CCCCC1)C(=O)C1CCC1. The largest absolute Gasteiger partial charge is 0.382 e. The minimum atomic E-state index is 0.0819. The van der Waals surface area contributed by atoms with Crippen LogP contribution in [0.5, 0.6) is 0 Å². The lowest BCUT2D eigenvalue weighted by atomic mass is 9.84. The van der Waals surface area contributed by atoms with Gasteiger partial charge in [0.15, 0.2) is 0 Å². The predicted octanol–water partition coefficient (Wildman–Crippen LogP) is 5.25. The maximum absolute atomic E-state index is 13.9. The monoisotopic (exact) mass is 493 g/mol. The van der Waals surface area contributed by atoms with Crippen LogP contribution in [0.4, 0.5) is 0 Å². The second-order valence-corrected chi connectivity index (χ2v) is 10.4. The second-order valence-electron chi connectivity index (χ2n) is 10.4. The fourth-order valence-corrected chi connectivity index (χ4v) is 5.45. The van der Waals surface area contributed by atoms with E-state index in [4.69, 9.17) is 4.74 Å². The van der Waals surface area contributed by atoms with Crippen LogP contribution in [-0.4, -0.2) is 58.5 Å². The van der Waals surface area contributed by atoms with E-state index in [1.165, 1.54) is 24.8 Å². The summed E-state index contributed by atoms with van der Waals surface area (Å²) in [6.07, 6.45) is 11.6. The highest BCUT2D eigenvalue weighted by molar-refractivity contribution is 5.86. The van der Waals surface area contributed by atoms with E-state index in [1.54, 1.807) is 0 Å². The predicted molar refractivity (Wildman–Crippen MR) is 142 cm³/mol. The Morgan fingerprint density at radius 1 is 0.972 bits per heavy atom. The van der Waals surface area contributed by atoms with Crippen LogP contribution in [0.25, 0.3) is 0 Å². The quantitative estimate of drug-likeness (QED) is 0.358. The highest BCUT2D eigenvalue weighted by Gasteiger charge is 2.33. The molecular weight excluding hydrogens is 450 g/mol. The van der Waals surface area contributed by atoms with Crippen molar-refractivity contribution in [1.82, 2.24) is 14.4 Å². The van der Waals surface area contributed by atoms with Gasteiger partial charge in [-0.3, -0.25) is 9.59 Å². The number of carbonyl (C=O) groups is 2. The molecule has 2 amide bonds. The minimum absolute atomic E-state index is 0.0819. The molecule has 1 aromatic carbocycles. The van der Waals surface area contributed by atoms with E-state index in [0.717, 1.165) is 50.8 Å². The lowest BCUT2D eigenvalue weighted by Gasteiger charge is -2.37. The summed E-state index contributed by atoms with van der Waals surface area (Å²) in [5, 5.41) is 0. The molecule has 6 nitrogen and oxygen atoms in total. The smallest absolute Gasteiger partial charge is 0.242 e. The summed E-state index contributed by atoms with van der Waals surface area (Å²) in [5.41, 5.74) is 2.39. The number of amides is 2. The molecule has 0 saturated heterocycles. The lowest BCUT2D eigenvalue weighted by Crippen LogP contribution is -2.49. The van der Waals surface area contributed by atoms with Gasteiger partial charge in [-0.2, -0.15) is 0 Å². The van der Waals surface area contributed by atoms with E-state index < -0.39 is 0 Å². The van der Waals surface area contributed by atoms with Crippen molar-refractivity contribution in [3.63, 3.8) is 0 Å². The van der Waals surface area contributed by atoms with Crippen LogP contribution < -0.4 is 0 Å². The molecule has 0 spiro atoms. The van der Waals surface area contributed by atoms with Crippen molar-refractivity contribution >= 4 is 11.8 Å². The van der Waals surface area contributed by atoms with Crippen LogP contribution >= 0.6 is 0 Å². The van der Waals surface area contributed by atoms with Crippen molar-refractivity contribution in [2.45, 2.75) is 83.8 Å². The van der Waals surface area contributed by atoms with Gasteiger partial charge in [0.25, 0.3) is 0 Å². The van der Waals surface area contributed by atoms with Gasteiger partial charge in [-0.15, -0.1) is 0 Å². The zero-order valence-electron chi connectivity index (χ0n) is 21.9. The van der Waals surface area contributed by atoms with Gasteiger partial charge in [0, 0.05) is 50.2 Å². The summed E-state index contributed by atoms with van der Waals surface area (Å²) in [6.45, 7) is 5.43. The first-order valence-corrected chi connectivity index (χ1v) is 14.0. The first-order valence-electron chi connectivity index (χ1n) is 14.0. The Morgan fingerprint density at radius 2 is 1.75 bits per heavy atom. The Bertz CT molecular complexity index is 947. The molecule has 0 N–H and O–H groups in total. The van der Waals surface area contributed by atoms with Gasteiger partial charge in [0.2, 0.25) is 11.8 Å². The molecule has 2 saturated carbocycles. The second kappa shape index (κ2) is 13.6. The maximum atomic E-state index is 13.9. The molecule has 36 heavy (non-hydrogen) atoms. The van der Waals surface area contributed by atoms with Gasteiger partial charge >= 0.3 is 0 Å². The third kappa shape index (κ3) is 7.22. The average Bonchev–Trinajstić information content (AvgIpc) is 3.30. The molecule has 0 unspecified atom stereocenters. The van der Waals surface area contributed by atoms with E-state index in [9.17, 15) is 9.59 Å². The van der Waals surface area contributed by atoms with Crippen LogP contribution in [0.2, 0.25) is 0 Å². The molecule has 6 heteroatoms. The highest BCUT2D eigenvalue weighted by Crippen LogP contribution is 2.29. The Morgan fingerprint density at radius 3 is 2.44 bits per heavy atom. The molecule has 0 atom stereocenters. The van der Waals surface area contributed by atoms with Gasteiger partial charge in [-0.05, 0) is 56.7 Å². The van der Waals surface area contributed by atoms with Crippen LogP contribution in [0.15, 0.2) is 48.7 Å². The van der Waals surface area contributed by atoms with Gasteiger partial charge in [-0.25, -0.2) is 0 Å². The summed E-state index contributed by atoms with van der Waals surface area (Å²) in [6, 6.07) is 14.9. The normalized spacial score (nSPS) is 16.5. The van der Waals surface area contributed by atoms with Gasteiger partial charge < -0.3 is 19.1 Å². The van der Waals surface area contributed by atoms with Crippen LogP contribution in [-0.2, 0) is 27.4 Å². The molecule has 2 aromatic rings. The van der Waals surface area contributed by atoms with E-state index in [1.807, 2.05) is 17.9 Å². The Balaban J connectivity index is 1.48. The molecule has 2 aliphatic rings. The van der Waals surface area contributed by atoms with E-state index >= 15 is 0 Å². The molecule has 0 radical (unpaired) electrons. The molecule has 2 fully saturated rings. The summed E-state index contributed by atoms with van der Waals surface area (Å²) in [5.74, 6) is 0.330. The maximum Gasteiger partial charge on any atom is 0.242 e. The number of hydrogen-bond acceptors (Lipinski definition) is 3. The Kier molecular flexibility index (Phi) is 10.0. The van der Waals surface area contributed by atoms with Crippen molar-refractivity contribution in [3.05, 3.63) is 59.9 Å². The first-order chi connectivity index (χ1) is 17.7. The van der Waals surface area contributed by atoms with Crippen molar-refractivity contribution in [2.75, 3.05) is 26.3 Å². The molecular formula is C30H43N3O3. The molecule has 1 heterocycles.